The highest BCUT2D eigenvalue weighted by Gasteiger charge is 2.40. The molecule has 5 unspecified atom stereocenters. The fourth-order valence-corrected chi connectivity index (χ4v) is 14.0. The molecule has 17 heteroatoms. The Hall–Kier alpha value is -7.23. The minimum absolute atomic E-state index is 0.0126. The molecular formula is C66H73O14P3. The van der Waals surface area contributed by atoms with Crippen LogP contribution < -0.4 is 32.1 Å². The molecule has 436 valence electrons. The van der Waals surface area contributed by atoms with Crippen molar-refractivity contribution in [1.82, 2.24) is 0 Å². The molecule has 1 aliphatic heterocycles. The van der Waals surface area contributed by atoms with Gasteiger partial charge in [0, 0.05) is 51.1 Å². The van der Waals surface area contributed by atoms with E-state index in [1.165, 1.54) is 12.1 Å². The van der Waals surface area contributed by atoms with Gasteiger partial charge >= 0.3 is 22.8 Å². The van der Waals surface area contributed by atoms with Crippen molar-refractivity contribution < 1.29 is 64.8 Å². The van der Waals surface area contributed by atoms with Crippen molar-refractivity contribution in [2.24, 2.45) is 11.3 Å². The predicted molar refractivity (Wildman–Crippen MR) is 331 cm³/mol. The lowest BCUT2D eigenvalue weighted by Crippen LogP contribution is -2.25. The molecule has 2 aliphatic rings. The van der Waals surface area contributed by atoms with Crippen molar-refractivity contribution >= 4 is 70.4 Å². The zero-order valence-corrected chi connectivity index (χ0v) is 52.7. The van der Waals surface area contributed by atoms with Gasteiger partial charge in [-0.15, -0.1) is 0 Å². The Morgan fingerprint density at radius 1 is 0.651 bits per heavy atom. The molecule has 2 heterocycles. The predicted octanol–water partition coefficient (Wildman–Crippen LogP) is 19.3. The average Bonchev–Trinajstić information content (AvgIpc) is 3.49. The van der Waals surface area contributed by atoms with Gasteiger partial charge in [0.05, 0.1) is 37.9 Å². The van der Waals surface area contributed by atoms with Crippen LogP contribution in [-0.4, -0.2) is 37.5 Å². The van der Waals surface area contributed by atoms with Crippen molar-refractivity contribution in [3.63, 3.8) is 0 Å². The summed E-state index contributed by atoms with van der Waals surface area (Å²) in [5.74, 6) is 3.85. The van der Waals surface area contributed by atoms with E-state index in [0.717, 1.165) is 38.6 Å². The summed E-state index contributed by atoms with van der Waals surface area (Å²) in [4.78, 5) is 13.1. The number of rotatable bonds is 12. The summed E-state index contributed by atoms with van der Waals surface area (Å²) in [6.07, 6.45) is 2.75. The summed E-state index contributed by atoms with van der Waals surface area (Å²) < 4.78 is 73.3. The molecule has 0 amide bonds. The fourth-order valence-electron chi connectivity index (χ4n) is 11.2. The van der Waals surface area contributed by atoms with Crippen LogP contribution in [0.2, 0.25) is 0 Å². The zero-order chi connectivity index (χ0) is 59.7. The molecule has 0 saturated carbocycles. The fraction of sp³-hybridized carbons (Fsp3) is 0.348. The number of allylic oxidation sites excluding steroid dienone is 1. The molecule has 0 saturated heterocycles. The zero-order valence-electron chi connectivity index (χ0n) is 49.9. The maximum Gasteiger partial charge on any atom is 0.530 e. The number of phenolic OH excluding ortho intramolecular Hbond substituents is 2. The number of methoxy groups -OCH3 is 3. The Kier molecular flexibility index (Phi) is 15.9. The maximum absolute atomic E-state index is 13.1. The van der Waals surface area contributed by atoms with Gasteiger partial charge in [-0.3, -0.25) is 0 Å². The molecular weight excluding hydrogens is 1110 g/mol. The molecule has 10 rings (SSSR count). The second kappa shape index (κ2) is 22.4. The van der Waals surface area contributed by atoms with Crippen LogP contribution in [0.15, 0.2) is 117 Å². The van der Waals surface area contributed by atoms with Crippen LogP contribution in [0.25, 0.3) is 49.7 Å². The van der Waals surface area contributed by atoms with Gasteiger partial charge in [-0.1, -0.05) is 126 Å². The number of hydrogen-bond donors (Lipinski definition) is 2. The molecule has 1 aromatic heterocycles. The lowest BCUT2D eigenvalue weighted by Gasteiger charge is -2.34. The van der Waals surface area contributed by atoms with Crippen molar-refractivity contribution in [2.45, 2.75) is 119 Å². The van der Waals surface area contributed by atoms with Gasteiger partial charge in [-0.05, 0) is 111 Å². The van der Waals surface area contributed by atoms with E-state index >= 15 is 0 Å². The summed E-state index contributed by atoms with van der Waals surface area (Å²) in [5.41, 5.74) is 2.77. The Labute approximate surface area is 489 Å². The van der Waals surface area contributed by atoms with Crippen LogP contribution in [0.4, 0.5) is 0 Å². The molecule has 83 heavy (non-hydrogen) atoms. The second-order valence-electron chi connectivity index (χ2n) is 25.3. The summed E-state index contributed by atoms with van der Waals surface area (Å²) >= 11 is 0. The number of para-hydroxylation sites is 1. The smallest absolute Gasteiger partial charge is 0.508 e. The summed E-state index contributed by atoms with van der Waals surface area (Å²) in [5, 5.41) is 26.1. The minimum Gasteiger partial charge on any atom is -0.508 e. The Balaban J connectivity index is 1.17. The SMILES string of the molecule is COC1=Cc2c(op(Oc3c(-c4cc(OC)cc(C(C)(C)C)c4OP4Oc5cccc6cc7cccc(OPOC(=O)c8ccccc8O)c7c(c56)O4)cc(O)cc3C(C)(C)C)oc3c(C(C)(C)C)cc(OC)cc23)C(C(C)(C)C)C(C)C1. The van der Waals surface area contributed by atoms with E-state index in [1.54, 1.807) is 51.7 Å². The summed E-state index contributed by atoms with van der Waals surface area (Å²) in [6.45, 7) is 27.8. The summed E-state index contributed by atoms with van der Waals surface area (Å²) in [7, 11) is -0.461. The van der Waals surface area contributed by atoms with Crippen molar-refractivity contribution in [1.29, 1.82) is 0 Å². The molecule has 0 bridgehead atoms. The third-order valence-corrected chi connectivity index (χ3v) is 17.7. The van der Waals surface area contributed by atoms with E-state index in [0.29, 0.717) is 85.5 Å². The molecule has 2 N–H and O–H groups in total. The lowest BCUT2D eigenvalue weighted by atomic mass is 9.71. The third-order valence-electron chi connectivity index (χ3n) is 15.1. The molecule has 0 radical (unpaired) electrons. The van der Waals surface area contributed by atoms with E-state index in [9.17, 15) is 15.0 Å². The standard InChI is InChI=1S/C66H73O14P3/c1-36-27-40(70-14)31-47-46-33-42(72-16)35-50(65(8,9)10)59(46)78-83(79-60(47)56(36)66(11,12)13)77-57-44(29-39(67)30-48(57)63(2,3)4)45-32-41(71-15)34-49(64(5,6)7)58(45)76-82-75-53-26-20-22-38-28-37-21-19-25-52(54(37)61(80-82)55(38)53)73-81-74-62(69)43-23-17-18-24-51(43)68/h17-26,28-36,56,67-68,81H,27H2,1-16H3. The lowest BCUT2D eigenvalue weighted by molar-refractivity contribution is 0.0746. The van der Waals surface area contributed by atoms with Gasteiger partial charge in [0.15, 0.2) is 5.75 Å². The molecule has 1 aliphatic carbocycles. The Morgan fingerprint density at radius 3 is 1.94 bits per heavy atom. The number of fused-ring (bicyclic) bond motifs is 5. The number of benzene rings is 7. The number of hydrogen-bond acceptors (Lipinski definition) is 14. The Bertz CT molecular complexity index is 3910. The van der Waals surface area contributed by atoms with Crippen molar-refractivity contribution in [3.05, 3.63) is 142 Å². The molecule has 14 nitrogen and oxygen atoms in total. The number of carbonyl (C=O) groups is 1. The largest absolute Gasteiger partial charge is 0.530 e. The first-order valence-electron chi connectivity index (χ1n) is 27.6. The first kappa shape index (κ1) is 58.9. The third kappa shape index (κ3) is 11.7. The molecule has 0 spiro atoms. The van der Waals surface area contributed by atoms with Crippen LogP contribution >= 0.6 is 25.9 Å². The molecule has 8 aromatic rings. The van der Waals surface area contributed by atoms with Crippen LogP contribution in [0, 0.1) is 11.3 Å². The van der Waals surface area contributed by atoms with Crippen LogP contribution in [0.5, 0.6) is 51.7 Å². The molecule has 5 atom stereocenters. The first-order valence-corrected chi connectivity index (χ1v) is 30.6. The normalized spacial score (nSPS) is 16.6. The van der Waals surface area contributed by atoms with Crippen LogP contribution in [0.3, 0.4) is 0 Å². The van der Waals surface area contributed by atoms with Gasteiger partial charge in [0.2, 0.25) is 0 Å². The topological polar surface area (TPSA) is 167 Å². The Morgan fingerprint density at radius 2 is 1.28 bits per heavy atom. The highest BCUT2D eigenvalue weighted by atomic mass is 31.2. The number of phenols is 2. The monoisotopic (exact) mass is 1180 g/mol. The van der Waals surface area contributed by atoms with Crippen LogP contribution in [0.1, 0.15) is 141 Å². The number of aromatic hydroxyl groups is 2. The highest BCUT2D eigenvalue weighted by Crippen LogP contribution is 2.60. The summed E-state index contributed by atoms with van der Waals surface area (Å²) in [6, 6.07) is 30.8. The highest BCUT2D eigenvalue weighted by molar-refractivity contribution is 7.43. The van der Waals surface area contributed by atoms with Gasteiger partial charge in [0.1, 0.15) is 62.9 Å². The number of carbonyl (C=O) groups excluding carboxylic acids is 1. The van der Waals surface area contributed by atoms with E-state index in [2.05, 4.69) is 96.1 Å². The van der Waals surface area contributed by atoms with E-state index in [-0.39, 0.29) is 34.3 Å². The average molecular weight is 1180 g/mol. The van der Waals surface area contributed by atoms with Gasteiger partial charge in [0.25, 0.3) is 9.03 Å². The van der Waals surface area contributed by atoms with E-state index in [1.807, 2.05) is 60.7 Å². The first-order chi connectivity index (χ1) is 39.2. The molecule has 0 fully saturated rings. The quantitative estimate of drug-likeness (QED) is 0.0876. The number of ether oxygens (including phenoxy) is 3. The van der Waals surface area contributed by atoms with E-state index < -0.39 is 48.1 Å². The maximum atomic E-state index is 13.1. The van der Waals surface area contributed by atoms with Crippen LogP contribution in [-0.2, 0) is 25.5 Å². The molecule has 7 aromatic carbocycles. The van der Waals surface area contributed by atoms with Gasteiger partial charge < -0.3 is 60.0 Å². The van der Waals surface area contributed by atoms with Gasteiger partial charge in [-0.25, -0.2) is 4.79 Å². The minimum atomic E-state index is -2.36. The van der Waals surface area contributed by atoms with Crippen molar-refractivity contribution in [3.8, 4) is 62.9 Å². The van der Waals surface area contributed by atoms with E-state index in [4.69, 9.17) is 49.7 Å². The van der Waals surface area contributed by atoms with Crippen molar-refractivity contribution in [2.75, 3.05) is 21.3 Å². The second-order valence-corrected chi connectivity index (χ2v) is 27.9. The van der Waals surface area contributed by atoms with Gasteiger partial charge in [-0.2, -0.15) is 0 Å².